The monoisotopic (exact) mass is 742 g/mol. The van der Waals surface area contributed by atoms with Crippen LogP contribution >= 0.6 is 11.6 Å². The Balaban J connectivity index is 1.36. The molecule has 1 amide bonds. The predicted molar refractivity (Wildman–Crippen MR) is 175 cm³/mol. The van der Waals surface area contributed by atoms with Crippen molar-refractivity contribution >= 4 is 17.7 Å². The van der Waals surface area contributed by atoms with E-state index in [-0.39, 0.29) is 28.0 Å². The zero-order valence-corrected chi connectivity index (χ0v) is 28.5. The number of amides is 1. The Labute approximate surface area is 297 Å². The molecule has 3 aliphatic heterocycles. The van der Waals surface area contributed by atoms with Crippen molar-refractivity contribution in [3.05, 3.63) is 92.4 Å². The number of hydrogen-bond donors (Lipinski definition) is 0. The number of ether oxygens (including phenoxy) is 4. The summed E-state index contributed by atoms with van der Waals surface area (Å²) in [6.45, 7) is 3.86. The Kier molecular flexibility index (Phi) is 8.36. The van der Waals surface area contributed by atoms with Crippen molar-refractivity contribution in [3.8, 4) is 45.9 Å². The number of hydrogen-bond acceptors (Lipinski definition) is 8. The lowest BCUT2D eigenvalue weighted by Gasteiger charge is -2.40. The lowest BCUT2D eigenvalue weighted by atomic mass is 9.79. The van der Waals surface area contributed by atoms with Crippen LogP contribution in [0.3, 0.4) is 0 Å². The molecule has 16 heteroatoms. The summed E-state index contributed by atoms with van der Waals surface area (Å²) >= 11 is 6.61. The zero-order chi connectivity index (χ0) is 37.3. The van der Waals surface area contributed by atoms with Crippen LogP contribution in [0, 0.1) is 23.0 Å². The molecule has 3 aliphatic rings. The number of halogens is 6. The summed E-state index contributed by atoms with van der Waals surface area (Å²) in [6, 6.07) is 12.3. The summed E-state index contributed by atoms with van der Waals surface area (Å²) in [6.07, 6.45) is -3.56. The van der Waals surface area contributed by atoms with E-state index in [0.717, 1.165) is 18.3 Å². The van der Waals surface area contributed by atoms with E-state index < -0.39 is 92.4 Å². The molecule has 0 radical (unpaired) electrons. The fourth-order valence-corrected chi connectivity index (χ4v) is 7.21. The molecule has 7 rings (SSSR count). The Morgan fingerprint density at radius 1 is 1.08 bits per heavy atom. The number of nitrogens with zero attached hydrogens (tertiary/aromatic N) is 4. The first-order chi connectivity index (χ1) is 24.5. The molecule has 10 nitrogen and oxygen atoms in total. The number of fused-ring (bicyclic) bond motifs is 3. The van der Waals surface area contributed by atoms with Crippen LogP contribution in [0.4, 0.5) is 26.7 Å². The number of carbonyl (C=O) groups excluding carboxylic acids is 1. The van der Waals surface area contributed by atoms with Gasteiger partial charge in [-0.15, -0.1) is 0 Å². The maximum Gasteiger partial charge on any atom is 0.410 e. The smallest absolute Gasteiger partial charge is 0.410 e. The molecule has 1 fully saturated rings. The largest absolute Gasteiger partial charge is 0.480 e. The van der Waals surface area contributed by atoms with E-state index >= 15 is 8.78 Å². The van der Waals surface area contributed by atoms with Crippen molar-refractivity contribution < 1.29 is 45.7 Å². The van der Waals surface area contributed by atoms with Gasteiger partial charge in [-0.3, -0.25) is 4.79 Å². The van der Waals surface area contributed by atoms with Crippen LogP contribution in [0.1, 0.15) is 50.3 Å². The third-order valence-corrected chi connectivity index (χ3v) is 9.35. The molecule has 270 valence electrons. The summed E-state index contributed by atoms with van der Waals surface area (Å²) in [5.41, 5.74) is -3.69. The van der Waals surface area contributed by atoms with Gasteiger partial charge in [0.05, 0.1) is 22.8 Å². The highest BCUT2D eigenvalue weighted by atomic mass is 35.5. The number of nitriles is 1. The normalized spacial score (nSPS) is 19.1. The quantitative estimate of drug-likeness (QED) is 0.169. The summed E-state index contributed by atoms with van der Waals surface area (Å²) in [4.78, 5) is 27.9. The Morgan fingerprint density at radius 3 is 2.46 bits per heavy atom. The van der Waals surface area contributed by atoms with Gasteiger partial charge in [-0.2, -0.15) is 23.5 Å². The minimum atomic E-state index is -4.79. The highest BCUT2D eigenvalue weighted by molar-refractivity contribution is 6.34. The molecule has 0 bridgehead atoms. The lowest BCUT2D eigenvalue weighted by molar-refractivity contribution is -0.143. The highest BCUT2D eigenvalue weighted by Crippen LogP contribution is 2.55. The lowest BCUT2D eigenvalue weighted by Crippen LogP contribution is -2.53. The van der Waals surface area contributed by atoms with Gasteiger partial charge in [0.1, 0.15) is 29.8 Å². The Bertz CT molecular complexity index is 2230. The van der Waals surface area contributed by atoms with Crippen LogP contribution in [-0.2, 0) is 23.3 Å². The van der Waals surface area contributed by atoms with Gasteiger partial charge in [-0.1, -0.05) is 41.9 Å². The molecule has 0 saturated carbocycles. The van der Waals surface area contributed by atoms with Gasteiger partial charge in [-0.05, 0) is 39.2 Å². The van der Waals surface area contributed by atoms with E-state index in [9.17, 15) is 28.0 Å². The van der Waals surface area contributed by atoms with Crippen molar-refractivity contribution in [2.75, 3.05) is 6.54 Å². The van der Waals surface area contributed by atoms with Gasteiger partial charge in [0, 0.05) is 41.8 Å². The van der Waals surface area contributed by atoms with Crippen LogP contribution in [0.25, 0.3) is 11.1 Å². The zero-order valence-electron chi connectivity index (χ0n) is 27.7. The van der Waals surface area contributed by atoms with E-state index in [1.165, 1.54) is 0 Å². The Hall–Kier alpha value is -5.36. The highest BCUT2D eigenvalue weighted by Gasteiger charge is 2.54. The van der Waals surface area contributed by atoms with E-state index in [1.807, 2.05) is 6.07 Å². The summed E-state index contributed by atoms with van der Waals surface area (Å²) in [5.74, 6) is -4.57. The molecule has 4 aromatic rings. The SMILES string of the molecule is CC(C)(C)OC(=O)N1CCC[C@H]1[C@@]1(c2ccccc2)Cc2c(cc(F)c(Cl)c2-c2c(C#N)cc3c(c2F)Oc2cnn(CC(F)(F)F)c(=O)c2O3)O1. The molecule has 4 heterocycles. The van der Waals surface area contributed by atoms with Crippen LogP contribution in [0.5, 0.6) is 28.7 Å². The second kappa shape index (κ2) is 12.4. The Morgan fingerprint density at radius 2 is 1.79 bits per heavy atom. The van der Waals surface area contributed by atoms with Crippen molar-refractivity contribution in [3.63, 3.8) is 0 Å². The molecule has 1 saturated heterocycles. The maximum atomic E-state index is 16.8. The van der Waals surface area contributed by atoms with E-state index in [1.54, 1.807) is 56.0 Å². The van der Waals surface area contributed by atoms with Gasteiger partial charge < -0.3 is 23.8 Å². The van der Waals surface area contributed by atoms with Crippen molar-refractivity contribution in [2.24, 2.45) is 0 Å². The molecule has 3 aromatic carbocycles. The minimum Gasteiger partial charge on any atom is -0.480 e. The third kappa shape index (κ3) is 5.94. The molecular weight excluding hydrogens is 715 g/mol. The van der Waals surface area contributed by atoms with E-state index in [2.05, 4.69) is 5.10 Å². The molecule has 52 heavy (non-hydrogen) atoms. The van der Waals surface area contributed by atoms with Crippen molar-refractivity contribution in [1.29, 1.82) is 5.26 Å². The number of carbonyl (C=O) groups is 1. The van der Waals surface area contributed by atoms with Gasteiger partial charge >= 0.3 is 17.8 Å². The van der Waals surface area contributed by atoms with Gasteiger partial charge in [0.15, 0.2) is 22.9 Å². The second-order valence-corrected chi connectivity index (χ2v) is 13.9. The molecule has 1 aromatic heterocycles. The fourth-order valence-electron chi connectivity index (χ4n) is 6.95. The first-order valence-corrected chi connectivity index (χ1v) is 16.4. The molecule has 0 aliphatic carbocycles. The molecule has 0 unspecified atom stereocenters. The van der Waals surface area contributed by atoms with Crippen molar-refractivity contribution in [1.82, 2.24) is 14.7 Å². The fraction of sp³-hybridized carbons (Fsp3) is 0.333. The number of aromatic nitrogens is 2. The summed E-state index contributed by atoms with van der Waals surface area (Å²) in [7, 11) is 0. The number of benzene rings is 3. The average molecular weight is 743 g/mol. The van der Waals surface area contributed by atoms with E-state index in [4.69, 9.17) is 30.5 Å². The first-order valence-electron chi connectivity index (χ1n) is 16.1. The van der Waals surface area contributed by atoms with Crippen LogP contribution in [0.15, 0.2) is 53.5 Å². The molecular formula is C36H28ClF5N4O6. The van der Waals surface area contributed by atoms with Gasteiger partial charge in [0.25, 0.3) is 0 Å². The van der Waals surface area contributed by atoms with Gasteiger partial charge in [-0.25, -0.2) is 18.3 Å². The topological polar surface area (TPSA) is 116 Å². The number of alkyl halides is 3. The standard InChI is InChI=1S/C36H28ClF5N4O6/c1-34(2,3)52-33(48)45-11-7-10-25(45)35(19-8-5-4-6-9-19)14-20-22(51-35)13-21(38)28(37)27(20)26-18(15-43)12-23-30(29(26)39)50-24-16-44-46(17-36(40,41)42)32(47)31(24)49-23/h4-6,8-9,12-13,16,25H,7,10-11,14,17H2,1-3H3/t25-,35-/m0/s1. The van der Waals surface area contributed by atoms with Crippen molar-refractivity contribution in [2.45, 2.75) is 70.0 Å². The molecule has 0 N–H and O–H groups in total. The molecule has 0 spiro atoms. The number of likely N-dealkylation sites (tertiary alicyclic amines) is 1. The maximum absolute atomic E-state index is 16.8. The average Bonchev–Trinajstić information content (AvgIpc) is 3.72. The summed E-state index contributed by atoms with van der Waals surface area (Å²) < 4.78 is 95.3. The third-order valence-electron chi connectivity index (χ3n) is 8.98. The van der Waals surface area contributed by atoms with Crippen LogP contribution < -0.4 is 19.8 Å². The predicted octanol–water partition coefficient (Wildman–Crippen LogP) is 8.40. The van der Waals surface area contributed by atoms with E-state index in [0.29, 0.717) is 24.9 Å². The minimum absolute atomic E-state index is 0.00488. The number of rotatable bonds is 4. The molecule has 2 atom stereocenters. The second-order valence-electron chi connectivity index (χ2n) is 13.6. The van der Waals surface area contributed by atoms with Crippen LogP contribution in [0.2, 0.25) is 5.02 Å². The van der Waals surface area contributed by atoms with Gasteiger partial charge in [0.2, 0.25) is 11.5 Å². The van der Waals surface area contributed by atoms with Crippen LogP contribution in [-0.4, -0.2) is 45.1 Å². The summed E-state index contributed by atoms with van der Waals surface area (Å²) in [5, 5.41) is 13.2. The first kappa shape index (κ1) is 35.1.